The average Bonchev–Trinajstić information content (AvgIpc) is 2.76. The summed E-state index contributed by atoms with van der Waals surface area (Å²) in [6, 6.07) is 7.79. The van der Waals surface area contributed by atoms with Gasteiger partial charge in [-0.05, 0) is 31.8 Å². The molecule has 0 saturated heterocycles. The summed E-state index contributed by atoms with van der Waals surface area (Å²) in [6.45, 7) is 0.690. The Labute approximate surface area is 120 Å². The van der Waals surface area contributed by atoms with Crippen LogP contribution in [0.2, 0.25) is 0 Å². The zero-order valence-corrected chi connectivity index (χ0v) is 12.6. The Hall–Kier alpha value is -1.24. The van der Waals surface area contributed by atoms with Crippen molar-refractivity contribution in [3.63, 3.8) is 0 Å². The lowest BCUT2D eigenvalue weighted by Gasteiger charge is -2.12. The predicted octanol–water partition coefficient (Wildman–Crippen LogP) is 1.98. The number of rotatable bonds is 5. The molecule has 1 aromatic heterocycles. The van der Waals surface area contributed by atoms with Crippen LogP contribution in [-0.4, -0.2) is 35.7 Å². The van der Waals surface area contributed by atoms with Crippen molar-refractivity contribution < 1.29 is 4.52 Å². The Morgan fingerprint density at radius 3 is 2.89 bits per heavy atom. The molecule has 0 fully saturated rings. The fraction of sp³-hybridized carbons (Fsp3) is 0.385. The summed E-state index contributed by atoms with van der Waals surface area (Å²) in [7, 11) is 3.92. The summed E-state index contributed by atoms with van der Waals surface area (Å²) < 4.78 is 6.27. The molecule has 2 N–H and O–H groups in total. The van der Waals surface area contributed by atoms with Gasteiger partial charge in [-0.25, -0.2) is 0 Å². The minimum Gasteiger partial charge on any atom is -0.339 e. The van der Waals surface area contributed by atoms with Crippen LogP contribution in [0.15, 0.2) is 33.3 Å². The number of hydrogen-bond donors (Lipinski definition) is 1. The van der Waals surface area contributed by atoms with Gasteiger partial charge < -0.3 is 15.2 Å². The van der Waals surface area contributed by atoms with E-state index in [0.29, 0.717) is 24.7 Å². The molecular formula is C13H17BrN4O. The molecule has 1 atom stereocenters. The Kier molecular flexibility index (Phi) is 4.68. The van der Waals surface area contributed by atoms with E-state index in [9.17, 15) is 0 Å². The summed E-state index contributed by atoms with van der Waals surface area (Å²) >= 11 is 3.44. The molecule has 0 saturated carbocycles. The molecule has 0 aliphatic carbocycles. The van der Waals surface area contributed by atoms with Crippen LogP contribution in [0, 0.1) is 0 Å². The number of nitrogens with two attached hydrogens (primary N) is 1. The van der Waals surface area contributed by atoms with Gasteiger partial charge in [-0.15, -0.1) is 0 Å². The number of aromatic nitrogens is 2. The number of halogens is 1. The molecule has 0 bridgehead atoms. The topological polar surface area (TPSA) is 68.2 Å². The van der Waals surface area contributed by atoms with Crippen molar-refractivity contribution in [2.75, 3.05) is 20.6 Å². The van der Waals surface area contributed by atoms with Crippen molar-refractivity contribution >= 4 is 15.9 Å². The van der Waals surface area contributed by atoms with Gasteiger partial charge in [0.05, 0.1) is 12.5 Å². The largest absolute Gasteiger partial charge is 0.339 e. The van der Waals surface area contributed by atoms with Gasteiger partial charge in [0.2, 0.25) is 5.89 Å². The van der Waals surface area contributed by atoms with Crippen molar-refractivity contribution in [2.24, 2.45) is 5.73 Å². The normalized spacial score (nSPS) is 12.9. The Bertz CT molecular complexity index is 541. The van der Waals surface area contributed by atoms with Crippen LogP contribution in [0.5, 0.6) is 0 Å². The second kappa shape index (κ2) is 6.27. The molecular weight excluding hydrogens is 308 g/mol. The van der Waals surface area contributed by atoms with Crippen molar-refractivity contribution in [2.45, 2.75) is 12.5 Å². The molecule has 19 heavy (non-hydrogen) atoms. The number of nitrogens with zero attached hydrogens (tertiary/aromatic N) is 3. The molecule has 0 spiro atoms. The molecule has 2 rings (SSSR count). The van der Waals surface area contributed by atoms with Gasteiger partial charge in [-0.2, -0.15) is 4.98 Å². The molecule has 102 valence electrons. The maximum Gasteiger partial charge on any atom is 0.231 e. The average molecular weight is 325 g/mol. The van der Waals surface area contributed by atoms with E-state index in [1.165, 1.54) is 0 Å². The van der Waals surface area contributed by atoms with Gasteiger partial charge in [-0.3, -0.25) is 0 Å². The van der Waals surface area contributed by atoms with Crippen LogP contribution in [0.25, 0.3) is 0 Å². The molecule has 5 nitrogen and oxygen atoms in total. The molecule has 2 aromatic rings. The minimum atomic E-state index is -0.227. The summed E-state index contributed by atoms with van der Waals surface area (Å²) in [5.41, 5.74) is 7.11. The highest BCUT2D eigenvalue weighted by molar-refractivity contribution is 9.10. The zero-order chi connectivity index (χ0) is 13.8. The van der Waals surface area contributed by atoms with E-state index in [1.54, 1.807) is 0 Å². The summed E-state index contributed by atoms with van der Waals surface area (Å²) in [6.07, 6.45) is 0.612. The Morgan fingerprint density at radius 2 is 2.21 bits per heavy atom. The van der Waals surface area contributed by atoms with E-state index in [-0.39, 0.29) is 6.04 Å². The van der Waals surface area contributed by atoms with E-state index in [0.717, 1.165) is 10.0 Å². The first-order chi connectivity index (χ1) is 9.04. The van der Waals surface area contributed by atoms with E-state index in [2.05, 4.69) is 26.1 Å². The first-order valence-electron chi connectivity index (χ1n) is 6.02. The summed E-state index contributed by atoms with van der Waals surface area (Å²) in [5.74, 6) is 1.14. The molecule has 0 aliphatic rings. The molecule has 0 radical (unpaired) electrons. The van der Waals surface area contributed by atoms with E-state index in [1.807, 2.05) is 43.3 Å². The first-order valence-corrected chi connectivity index (χ1v) is 6.81. The second-order valence-electron chi connectivity index (χ2n) is 4.72. The molecule has 1 unspecified atom stereocenters. The van der Waals surface area contributed by atoms with Gasteiger partial charge >= 0.3 is 0 Å². The summed E-state index contributed by atoms with van der Waals surface area (Å²) in [4.78, 5) is 6.34. The maximum atomic E-state index is 5.99. The van der Waals surface area contributed by atoms with Crippen molar-refractivity contribution in [3.8, 4) is 0 Å². The Morgan fingerprint density at radius 1 is 1.42 bits per heavy atom. The monoisotopic (exact) mass is 324 g/mol. The quantitative estimate of drug-likeness (QED) is 0.910. The number of likely N-dealkylation sites (N-methyl/N-ethyl adjacent to an activating group) is 1. The third kappa shape index (κ3) is 4.12. The van der Waals surface area contributed by atoms with Gasteiger partial charge in [-0.1, -0.05) is 33.2 Å². The lowest BCUT2D eigenvalue weighted by atomic mass is 10.1. The van der Waals surface area contributed by atoms with Crippen LogP contribution >= 0.6 is 15.9 Å². The fourth-order valence-corrected chi connectivity index (χ4v) is 2.23. The molecule has 0 aliphatic heterocycles. The zero-order valence-electron chi connectivity index (χ0n) is 11.0. The third-order valence-electron chi connectivity index (χ3n) is 2.62. The van der Waals surface area contributed by atoms with Gasteiger partial charge in [0, 0.05) is 11.0 Å². The number of benzene rings is 1. The van der Waals surface area contributed by atoms with Crippen molar-refractivity contribution in [1.82, 2.24) is 15.0 Å². The summed E-state index contributed by atoms with van der Waals surface area (Å²) in [5, 5.41) is 3.94. The highest BCUT2D eigenvalue weighted by Gasteiger charge is 2.15. The van der Waals surface area contributed by atoms with Crippen molar-refractivity contribution in [1.29, 1.82) is 0 Å². The van der Waals surface area contributed by atoms with E-state index in [4.69, 9.17) is 10.3 Å². The standard InChI is InChI=1S/C13H17BrN4O/c1-18(2)8-11(15)13-16-12(19-17-13)7-9-4-3-5-10(14)6-9/h3-6,11H,7-8,15H2,1-2H3. The predicted molar refractivity (Wildman–Crippen MR) is 76.7 cm³/mol. The highest BCUT2D eigenvalue weighted by atomic mass is 79.9. The molecule has 1 heterocycles. The Balaban J connectivity index is 2.05. The van der Waals surface area contributed by atoms with Gasteiger partial charge in [0.1, 0.15) is 0 Å². The minimum absolute atomic E-state index is 0.227. The highest BCUT2D eigenvalue weighted by Crippen LogP contribution is 2.15. The smallest absolute Gasteiger partial charge is 0.231 e. The lowest BCUT2D eigenvalue weighted by Crippen LogP contribution is -2.26. The van der Waals surface area contributed by atoms with Crippen LogP contribution < -0.4 is 5.73 Å². The van der Waals surface area contributed by atoms with E-state index < -0.39 is 0 Å². The lowest BCUT2D eigenvalue weighted by molar-refractivity contribution is 0.348. The molecule has 6 heteroatoms. The molecule has 1 aromatic carbocycles. The van der Waals surface area contributed by atoms with E-state index >= 15 is 0 Å². The van der Waals surface area contributed by atoms with Gasteiger partial charge in [0.25, 0.3) is 0 Å². The molecule has 0 amide bonds. The first kappa shape index (κ1) is 14.2. The van der Waals surface area contributed by atoms with Crippen LogP contribution in [0.3, 0.4) is 0 Å². The second-order valence-corrected chi connectivity index (χ2v) is 5.64. The van der Waals surface area contributed by atoms with Crippen LogP contribution in [0.4, 0.5) is 0 Å². The SMILES string of the molecule is CN(C)CC(N)c1noc(Cc2cccc(Br)c2)n1. The number of hydrogen-bond acceptors (Lipinski definition) is 5. The maximum absolute atomic E-state index is 5.99. The van der Waals surface area contributed by atoms with Crippen LogP contribution in [0.1, 0.15) is 23.3 Å². The van der Waals surface area contributed by atoms with Crippen molar-refractivity contribution in [3.05, 3.63) is 46.0 Å². The third-order valence-corrected chi connectivity index (χ3v) is 3.11. The van der Waals surface area contributed by atoms with Crippen LogP contribution in [-0.2, 0) is 6.42 Å². The fourth-order valence-electron chi connectivity index (χ4n) is 1.79. The van der Waals surface area contributed by atoms with Gasteiger partial charge in [0.15, 0.2) is 5.82 Å².